The van der Waals surface area contributed by atoms with E-state index in [4.69, 9.17) is 0 Å². The highest BCUT2D eigenvalue weighted by atomic mass is 19.3. The highest BCUT2D eigenvalue weighted by molar-refractivity contribution is 5.63. The first-order valence-electron chi connectivity index (χ1n) is 4.51. The molecular weight excluding hydrogens is 218 g/mol. The summed E-state index contributed by atoms with van der Waals surface area (Å²) in [7, 11) is 0. The van der Waals surface area contributed by atoms with Crippen LogP contribution in [-0.2, 0) is 0 Å². The summed E-state index contributed by atoms with van der Waals surface area (Å²) in [6, 6.07) is 2.83. The molecule has 1 N–H and O–H groups in total. The minimum Gasteiger partial charge on any atom is -0.395 e. The number of alkyl halides is 2. The summed E-state index contributed by atoms with van der Waals surface area (Å²) in [6.07, 6.45) is -3.48. The van der Waals surface area contributed by atoms with Crippen LogP contribution in [0.3, 0.4) is 0 Å². The van der Waals surface area contributed by atoms with Gasteiger partial charge in [0.2, 0.25) is 0 Å². The summed E-state index contributed by atoms with van der Waals surface area (Å²) < 4.78 is 34.3. The van der Waals surface area contributed by atoms with E-state index in [1.807, 2.05) is 0 Å². The van der Waals surface area contributed by atoms with Crippen molar-refractivity contribution < 1.29 is 23.4 Å². The molecule has 0 bridgehead atoms. The zero-order valence-corrected chi connectivity index (χ0v) is 8.24. The Hall–Kier alpha value is -1.62. The molecule has 1 aromatic rings. The molecule has 3 nitrogen and oxygen atoms in total. The Morgan fingerprint density at radius 1 is 1.38 bits per heavy atom. The van der Waals surface area contributed by atoms with Crippen molar-refractivity contribution in [3.8, 4) is 11.5 Å². The van der Waals surface area contributed by atoms with Crippen molar-refractivity contribution in [3.05, 3.63) is 36.8 Å². The second-order valence-electron chi connectivity index (χ2n) is 3.28. The highest BCUT2D eigenvalue weighted by Crippen LogP contribution is 2.46. The lowest BCUT2D eigenvalue weighted by molar-refractivity contribution is -0.287. The summed E-state index contributed by atoms with van der Waals surface area (Å²) in [4.78, 5) is 0. The maximum absolute atomic E-state index is 12.8. The Kier molecular flexibility index (Phi) is 2.35. The number of aliphatic hydroxyl groups is 1. The van der Waals surface area contributed by atoms with Crippen molar-refractivity contribution in [2.45, 2.75) is 12.4 Å². The molecule has 1 aliphatic rings. The molecule has 85 valence electrons. The van der Waals surface area contributed by atoms with Gasteiger partial charge >= 0.3 is 6.29 Å². The van der Waals surface area contributed by atoms with Crippen molar-refractivity contribution in [1.29, 1.82) is 0 Å². The van der Waals surface area contributed by atoms with Gasteiger partial charge in [-0.05, 0) is 18.6 Å². The zero-order valence-electron chi connectivity index (χ0n) is 8.24. The van der Waals surface area contributed by atoms with Crippen LogP contribution in [0.4, 0.5) is 8.78 Å². The highest BCUT2D eigenvalue weighted by Gasteiger charge is 2.45. The van der Waals surface area contributed by atoms with E-state index in [9.17, 15) is 13.9 Å². The monoisotopic (exact) mass is 227 g/mol. The third-order valence-electron chi connectivity index (χ3n) is 2.20. The Balaban J connectivity index is 2.59. The molecule has 0 fully saturated rings. The van der Waals surface area contributed by atoms with Gasteiger partial charge in [0.25, 0.3) is 0 Å². The van der Waals surface area contributed by atoms with Gasteiger partial charge in [-0.25, -0.2) is 0 Å². The van der Waals surface area contributed by atoms with Crippen LogP contribution in [0.1, 0.15) is 17.2 Å². The Labute approximate surface area is 90.9 Å². The molecule has 2 rings (SSSR count). The van der Waals surface area contributed by atoms with Crippen LogP contribution in [0, 0.1) is 6.92 Å². The van der Waals surface area contributed by atoms with Crippen molar-refractivity contribution in [3.63, 3.8) is 0 Å². The van der Waals surface area contributed by atoms with Crippen LogP contribution in [0.5, 0.6) is 11.5 Å². The van der Waals surface area contributed by atoms with Gasteiger partial charge in [0.1, 0.15) is 0 Å². The van der Waals surface area contributed by atoms with E-state index in [0.717, 1.165) is 0 Å². The molecule has 1 aromatic carbocycles. The number of halogens is 2. The van der Waals surface area contributed by atoms with E-state index in [1.165, 1.54) is 18.2 Å². The van der Waals surface area contributed by atoms with Crippen molar-refractivity contribution in [2.75, 3.05) is 0 Å². The Morgan fingerprint density at radius 3 is 2.62 bits per heavy atom. The summed E-state index contributed by atoms with van der Waals surface area (Å²) in [5, 5.41) is 9.43. The first-order chi connectivity index (χ1) is 7.44. The molecule has 0 aliphatic carbocycles. The Morgan fingerprint density at radius 2 is 2.06 bits per heavy atom. The third kappa shape index (κ3) is 1.63. The van der Waals surface area contributed by atoms with Gasteiger partial charge in [-0.2, -0.15) is 0 Å². The van der Waals surface area contributed by atoms with Gasteiger partial charge < -0.3 is 14.6 Å². The van der Waals surface area contributed by atoms with Crippen molar-refractivity contribution in [1.82, 2.24) is 0 Å². The van der Waals surface area contributed by atoms with Gasteiger partial charge in [-0.15, -0.1) is 8.78 Å². The van der Waals surface area contributed by atoms with Crippen LogP contribution < -0.4 is 9.47 Å². The summed E-state index contributed by atoms with van der Waals surface area (Å²) in [5.74, 6) is -0.307. The molecule has 1 unspecified atom stereocenters. The summed E-state index contributed by atoms with van der Waals surface area (Å²) in [6.45, 7) is 6.88. The van der Waals surface area contributed by atoms with Gasteiger partial charge in [-0.3, -0.25) is 0 Å². The molecule has 0 spiro atoms. The SMILES string of the molecule is [CH2]C(O)c1c(C=C)ccc2c1OC(F)(F)O2. The molecule has 1 aliphatic heterocycles. The minimum absolute atomic E-state index is 0.117. The normalized spacial score (nSPS) is 18.2. The van der Waals surface area contributed by atoms with E-state index in [1.54, 1.807) is 0 Å². The van der Waals surface area contributed by atoms with Crippen molar-refractivity contribution >= 4 is 6.08 Å². The van der Waals surface area contributed by atoms with Crippen LogP contribution in [-0.4, -0.2) is 11.4 Å². The number of rotatable bonds is 2. The molecule has 1 radical (unpaired) electrons. The fraction of sp³-hybridized carbons (Fsp3) is 0.182. The van der Waals surface area contributed by atoms with Crippen LogP contribution in [0.25, 0.3) is 6.08 Å². The number of aliphatic hydroxyl groups excluding tert-OH is 1. The molecule has 0 aromatic heterocycles. The zero-order chi connectivity index (χ0) is 11.9. The molecule has 5 heteroatoms. The molecule has 0 saturated heterocycles. The number of fused-ring (bicyclic) bond motifs is 1. The fourth-order valence-corrected chi connectivity index (χ4v) is 1.57. The average molecular weight is 227 g/mol. The predicted octanol–water partition coefficient (Wildman–Crippen LogP) is 2.52. The smallest absolute Gasteiger partial charge is 0.395 e. The number of hydrogen-bond acceptors (Lipinski definition) is 3. The van der Waals surface area contributed by atoms with Crippen molar-refractivity contribution in [2.24, 2.45) is 0 Å². The summed E-state index contributed by atoms with van der Waals surface area (Å²) >= 11 is 0. The van der Waals surface area contributed by atoms with E-state index in [0.29, 0.717) is 5.56 Å². The van der Waals surface area contributed by atoms with Crippen LogP contribution in [0.15, 0.2) is 18.7 Å². The lowest BCUT2D eigenvalue weighted by Crippen LogP contribution is -2.26. The molecule has 0 amide bonds. The second-order valence-corrected chi connectivity index (χ2v) is 3.28. The first-order valence-corrected chi connectivity index (χ1v) is 4.51. The number of ether oxygens (including phenoxy) is 2. The quantitative estimate of drug-likeness (QED) is 0.843. The maximum Gasteiger partial charge on any atom is 0.586 e. The number of benzene rings is 1. The molecule has 0 saturated carbocycles. The third-order valence-corrected chi connectivity index (χ3v) is 2.20. The summed E-state index contributed by atoms with van der Waals surface area (Å²) in [5.41, 5.74) is 0.618. The first kappa shape index (κ1) is 10.9. The molecule has 1 atom stereocenters. The molecule has 1 heterocycles. The van der Waals surface area contributed by atoms with E-state index < -0.39 is 12.4 Å². The van der Waals surface area contributed by atoms with E-state index in [-0.39, 0.29) is 17.1 Å². The minimum atomic E-state index is -3.70. The molecule has 16 heavy (non-hydrogen) atoms. The molecular formula is C11H9F2O3. The Bertz CT molecular complexity index is 441. The van der Waals surface area contributed by atoms with Gasteiger partial charge in [0.05, 0.1) is 6.10 Å². The predicted molar refractivity (Wildman–Crippen MR) is 53.1 cm³/mol. The van der Waals surface area contributed by atoms with E-state index >= 15 is 0 Å². The fourth-order valence-electron chi connectivity index (χ4n) is 1.57. The maximum atomic E-state index is 12.8. The topological polar surface area (TPSA) is 38.7 Å². The standard InChI is InChI=1S/C11H9F2O3/c1-3-7-4-5-8-10(9(7)6(2)14)16-11(12,13)15-8/h3-6,14H,1-2H2. The van der Waals surface area contributed by atoms with Crippen LogP contribution in [0.2, 0.25) is 0 Å². The van der Waals surface area contributed by atoms with E-state index in [2.05, 4.69) is 23.0 Å². The van der Waals surface area contributed by atoms with Gasteiger partial charge in [-0.1, -0.05) is 18.7 Å². The van der Waals surface area contributed by atoms with Gasteiger partial charge in [0.15, 0.2) is 11.5 Å². The van der Waals surface area contributed by atoms with Crippen LogP contribution >= 0.6 is 0 Å². The second kappa shape index (κ2) is 3.45. The average Bonchev–Trinajstić information content (AvgIpc) is 2.49. The lowest BCUT2D eigenvalue weighted by Gasteiger charge is -2.12. The largest absolute Gasteiger partial charge is 0.586 e. The number of hydrogen-bond donors (Lipinski definition) is 1. The van der Waals surface area contributed by atoms with Gasteiger partial charge in [0, 0.05) is 5.56 Å². The lowest BCUT2D eigenvalue weighted by atomic mass is 10.0.